The number of hydrogen-bond acceptors (Lipinski definition) is 1. The molecular formula is C13H16O. The lowest BCUT2D eigenvalue weighted by atomic mass is 10.0. The van der Waals surface area contributed by atoms with Crippen LogP contribution in [0.5, 0.6) is 0 Å². The molecule has 0 N–H and O–H groups in total. The van der Waals surface area contributed by atoms with E-state index in [1.807, 2.05) is 32.1 Å². The summed E-state index contributed by atoms with van der Waals surface area (Å²) in [6.45, 7) is 6.10. The molecule has 1 rings (SSSR count). The zero-order valence-electron chi connectivity index (χ0n) is 8.95. The van der Waals surface area contributed by atoms with Crippen LogP contribution in [0, 0.1) is 12.8 Å². The second kappa shape index (κ2) is 4.75. The molecule has 0 spiro atoms. The molecule has 0 unspecified atom stereocenters. The van der Waals surface area contributed by atoms with Crippen molar-refractivity contribution in [1.82, 2.24) is 0 Å². The largest absolute Gasteiger partial charge is 0.298 e. The highest BCUT2D eigenvalue weighted by molar-refractivity contribution is 5.82. The molecule has 0 amide bonds. The van der Waals surface area contributed by atoms with Gasteiger partial charge < -0.3 is 0 Å². The summed E-state index contributed by atoms with van der Waals surface area (Å²) in [5, 5.41) is 0. The average molecular weight is 188 g/mol. The third-order valence-electron chi connectivity index (χ3n) is 2.21. The van der Waals surface area contributed by atoms with E-state index < -0.39 is 0 Å². The van der Waals surface area contributed by atoms with Crippen LogP contribution < -0.4 is 0 Å². The summed E-state index contributed by atoms with van der Waals surface area (Å²) in [6, 6.07) is 8.16. The predicted octanol–water partition coefficient (Wildman–Crippen LogP) is 3.23. The maximum absolute atomic E-state index is 10.7. The van der Waals surface area contributed by atoms with Gasteiger partial charge in [-0.1, -0.05) is 43.7 Å². The second-order valence-electron chi connectivity index (χ2n) is 3.83. The third kappa shape index (κ3) is 2.84. The Labute approximate surface area is 85.5 Å². The van der Waals surface area contributed by atoms with Gasteiger partial charge in [-0.15, -0.1) is 0 Å². The van der Waals surface area contributed by atoms with Gasteiger partial charge in [0.05, 0.1) is 0 Å². The van der Waals surface area contributed by atoms with E-state index in [2.05, 4.69) is 19.1 Å². The Kier molecular flexibility index (Phi) is 3.63. The molecule has 1 aromatic carbocycles. The molecule has 1 nitrogen and oxygen atoms in total. The first-order valence-corrected chi connectivity index (χ1v) is 4.87. The Balaban J connectivity index is 2.95. The minimum Gasteiger partial charge on any atom is -0.298 e. The molecule has 0 aliphatic carbocycles. The maximum atomic E-state index is 10.7. The van der Waals surface area contributed by atoms with Crippen LogP contribution in [0.25, 0.3) is 6.08 Å². The number of rotatable bonds is 3. The molecule has 0 aromatic heterocycles. The maximum Gasteiger partial charge on any atom is 0.146 e. The molecule has 0 atom stereocenters. The van der Waals surface area contributed by atoms with Crippen molar-refractivity contribution in [3.63, 3.8) is 0 Å². The van der Waals surface area contributed by atoms with Crippen LogP contribution in [0.2, 0.25) is 0 Å². The molecule has 0 heterocycles. The van der Waals surface area contributed by atoms with Crippen molar-refractivity contribution in [3.8, 4) is 0 Å². The molecule has 0 aliphatic heterocycles. The smallest absolute Gasteiger partial charge is 0.146 e. The lowest BCUT2D eigenvalue weighted by Crippen LogP contribution is -1.94. The molecule has 0 fully saturated rings. The van der Waals surface area contributed by atoms with Gasteiger partial charge in [0.1, 0.15) is 6.29 Å². The van der Waals surface area contributed by atoms with Gasteiger partial charge in [0.15, 0.2) is 0 Å². The van der Waals surface area contributed by atoms with E-state index in [4.69, 9.17) is 0 Å². The molecule has 0 bridgehead atoms. The number of aldehydes is 1. The summed E-state index contributed by atoms with van der Waals surface area (Å²) in [5.41, 5.74) is 3.17. The number of carbonyl (C=O) groups is 1. The molecule has 14 heavy (non-hydrogen) atoms. The summed E-state index contributed by atoms with van der Waals surface area (Å²) < 4.78 is 0. The fourth-order valence-corrected chi connectivity index (χ4v) is 1.19. The fraction of sp³-hybridized carbons (Fsp3) is 0.308. The van der Waals surface area contributed by atoms with E-state index >= 15 is 0 Å². The average Bonchev–Trinajstić information content (AvgIpc) is 2.16. The molecular weight excluding hydrogens is 172 g/mol. The van der Waals surface area contributed by atoms with Crippen LogP contribution in [0.4, 0.5) is 0 Å². The quantitative estimate of drug-likeness (QED) is 0.525. The first-order valence-electron chi connectivity index (χ1n) is 4.87. The minimum absolute atomic E-state index is 0.286. The van der Waals surface area contributed by atoms with Crippen molar-refractivity contribution in [1.29, 1.82) is 0 Å². The molecule has 74 valence electrons. The number of aryl methyl sites for hydroxylation is 1. The molecule has 0 saturated carbocycles. The van der Waals surface area contributed by atoms with Crippen molar-refractivity contribution in [2.24, 2.45) is 5.92 Å². The zero-order chi connectivity index (χ0) is 10.6. The van der Waals surface area contributed by atoms with E-state index in [0.717, 1.165) is 17.4 Å². The lowest BCUT2D eigenvalue weighted by Gasteiger charge is -2.03. The lowest BCUT2D eigenvalue weighted by molar-refractivity contribution is -0.105. The minimum atomic E-state index is 0.286. The molecule has 0 aliphatic rings. The topological polar surface area (TPSA) is 17.1 Å². The van der Waals surface area contributed by atoms with E-state index in [-0.39, 0.29) is 5.92 Å². The Morgan fingerprint density at radius 2 is 1.79 bits per heavy atom. The first kappa shape index (κ1) is 10.7. The highest BCUT2D eigenvalue weighted by Crippen LogP contribution is 2.13. The Hall–Kier alpha value is -1.37. The summed E-state index contributed by atoms with van der Waals surface area (Å²) in [4.78, 5) is 10.7. The zero-order valence-corrected chi connectivity index (χ0v) is 8.95. The Bertz CT molecular complexity index is 331. The second-order valence-corrected chi connectivity index (χ2v) is 3.83. The van der Waals surface area contributed by atoms with Crippen molar-refractivity contribution in [3.05, 3.63) is 41.0 Å². The van der Waals surface area contributed by atoms with Crippen LogP contribution in [0.15, 0.2) is 29.8 Å². The van der Waals surface area contributed by atoms with E-state index in [1.165, 1.54) is 5.56 Å². The fourth-order valence-electron chi connectivity index (χ4n) is 1.19. The van der Waals surface area contributed by atoms with E-state index in [0.29, 0.717) is 0 Å². The van der Waals surface area contributed by atoms with Crippen LogP contribution in [-0.2, 0) is 4.79 Å². The third-order valence-corrected chi connectivity index (χ3v) is 2.21. The summed E-state index contributed by atoms with van der Waals surface area (Å²) in [5.74, 6) is 0.286. The molecule has 1 aromatic rings. The highest BCUT2D eigenvalue weighted by atomic mass is 16.1. The summed E-state index contributed by atoms with van der Waals surface area (Å²) in [7, 11) is 0. The standard InChI is InChI=1S/C13H16O/c1-10(2)13(9-14)8-12-6-4-11(3)5-7-12/h4-10H,1-3H3. The van der Waals surface area contributed by atoms with Crippen molar-refractivity contribution in [2.45, 2.75) is 20.8 Å². The van der Waals surface area contributed by atoms with Crippen LogP contribution in [-0.4, -0.2) is 6.29 Å². The Morgan fingerprint density at radius 3 is 2.21 bits per heavy atom. The SMILES string of the molecule is Cc1ccc(C=C(C=O)C(C)C)cc1. The summed E-state index contributed by atoms with van der Waals surface area (Å²) >= 11 is 0. The van der Waals surface area contributed by atoms with Gasteiger partial charge >= 0.3 is 0 Å². The van der Waals surface area contributed by atoms with Gasteiger partial charge in [0.25, 0.3) is 0 Å². The first-order chi connectivity index (χ1) is 6.63. The molecule has 0 radical (unpaired) electrons. The summed E-state index contributed by atoms with van der Waals surface area (Å²) in [6.07, 6.45) is 2.88. The van der Waals surface area contributed by atoms with Crippen LogP contribution in [0.3, 0.4) is 0 Å². The van der Waals surface area contributed by atoms with Gasteiger partial charge in [-0.3, -0.25) is 4.79 Å². The van der Waals surface area contributed by atoms with Gasteiger partial charge in [-0.2, -0.15) is 0 Å². The normalized spacial score (nSPS) is 11.9. The van der Waals surface area contributed by atoms with E-state index in [9.17, 15) is 4.79 Å². The highest BCUT2D eigenvalue weighted by Gasteiger charge is 2.00. The van der Waals surface area contributed by atoms with Crippen LogP contribution >= 0.6 is 0 Å². The Morgan fingerprint density at radius 1 is 1.21 bits per heavy atom. The molecule has 1 heteroatoms. The van der Waals surface area contributed by atoms with Gasteiger partial charge in [0.2, 0.25) is 0 Å². The number of benzene rings is 1. The molecule has 0 saturated heterocycles. The van der Waals surface area contributed by atoms with Crippen molar-refractivity contribution in [2.75, 3.05) is 0 Å². The monoisotopic (exact) mass is 188 g/mol. The van der Waals surface area contributed by atoms with Gasteiger partial charge in [-0.05, 0) is 30.1 Å². The van der Waals surface area contributed by atoms with Crippen molar-refractivity contribution >= 4 is 12.4 Å². The number of hydrogen-bond donors (Lipinski definition) is 0. The van der Waals surface area contributed by atoms with E-state index in [1.54, 1.807) is 0 Å². The van der Waals surface area contributed by atoms with Gasteiger partial charge in [0, 0.05) is 0 Å². The number of carbonyl (C=O) groups excluding carboxylic acids is 1. The predicted molar refractivity (Wildman–Crippen MR) is 60.1 cm³/mol. The van der Waals surface area contributed by atoms with Crippen LogP contribution in [0.1, 0.15) is 25.0 Å². The van der Waals surface area contributed by atoms with Crippen molar-refractivity contribution < 1.29 is 4.79 Å². The number of allylic oxidation sites excluding steroid dienone is 1. The van der Waals surface area contributed by atoms with Gasteiger partial charge in [-0.25, -0.2) is 0 Å².